The number of nitrogens with zero attached hydrogens (tertiary/aromatic N) is 1. The maximum absolute atomic E-state index is 13.9. The number of ether oxygens (including phenoxy) is 1. The first-order chi connectivity index (χ1) is 14.3. The summed E-state index contributed by atoms with van der Waals surface area (Å²) >= 11 is 5.66. The molecule has 1 aliphatic rings. The number of rotatable bonds is 3. The van der Waals surface area contributed by atoms with Gasteiger partial charge in [0.05, 0.1) is 5.69 Å². The summed E-state index contributed by atoms with van der Waals surface area (Å²) in [5.74, 6) is -9.07. The van der Waals surface area contributed by atoms with Crippen molar-refractivity contribution in [2.24, 2.45) is 5.92 Å². The van der Waals surface area contributed by atoms with Gasteiger partial charge in [0, 0.05) is 23.6 Å². The van der Waals surface area contributed by atoms with Gasteiger partial charge in [-0.1, -0.05) is 24.6 Å². The number of halogens is 6. The summed E-state index contributed by atoms with van der Waals surface area (Å²) in [6.45, 7) is 1.84. The minimum absolute atomic E-state index is 0.255. The van der Waals surface area contributed by atoms with Crippen LogP contribution in [0.3, 0.4) is 0 Å². The number of alkyl halides is 3. The molecule has 1 aromatic carbocycles. The van der Waals surface area contributed by atoms with E-state index in [1.54, 1.807) is 0 Å². The average Bonchev–Trinajstić information content (AvgIpc) is 2.96. The van der Waals surface area contributed by atoms with Crippen molar-refractivity contribution in [3.63, 3.8) is 0 Å². The molecular formula is C19H16ClF5N2O4. The molecule has 6 nitrogen and oxygen atoms in total. The normalized spacial score (nSPS) is 26.1. The van der Waals surface area contributed by atoms with Gasteiger partial charge >= 0.3 is 6.18 Å². The van der Waals surface area contributed by atoms with E-state index in [-0.39, 0.29) is 10.8 Å². The SMILES string of the molecule is C[C@H]1[C@@H](c2ccc(F)c(F)c2O)[C@H](C(=O)Nc2ccnc(Cl)c2O)O[C@@]1(C)C(F)(F)F. The third kappa shape index (κ3) is 3.76. The molecule has 4 atom stereocenters. The number of phenolic OH excluding ortho intramolecular Hbond substituents is 1. The standard InChI is InChI=1S/C19H16ClF5N2O4/c1-7-11(8-3-4-9(21)12(22)13(8)28)15(31-18(7,2)19(23,24)25)17(30)27-10-5-6-26-16(20)14(10)29/h3-7,11,15,28-29H,1-2H3,(H,26,27,30)/t7-,11-,15+,18+/m0/s1. The summed E-state index contributed by atoms with van der Waals surface area (Å²) in [4.78, 5) is 16.4. The number of carbonyl (C=O) groups excluding carboxylic acids is 1. The molecule has 0 saturated carbocycles. The zero-order valence-electron chi connectivity index (χ0n) is 16.0. The molecule has 1 saturated heterocycles. The van der Waals surface area contributed by atoms with Crippen molar-refractivity contribution in [2.75, 3.05) is 5.32 Å². The Morgan fingerprint density at radius 2 is 1.87 bits per heavy atom. The molecule has 1 aromatic heterocycles. The van der Waals surface area contributed by atoms with Gasteiger partial charge in [-0.2, -0.15) is 17.6 Å². The fourth-order valence-electron chi connectivity index (χ4n) is 3.58. The van der Waals surface area contributed by atoms with Crippen LogP contribution in [0, 0.1) is 17.6 Å². The van der Waals surface area contributed by atoms with E-state index in [2.05, 4.69) is 10.3 Å². The van der Waals surface area contributed by atoms with Crippen LogP contribution in [0.4, 0.5) is 27.6 Å². The summed E-state index contributed by atoms with van der Waals surface area (Å²) < 4.78 is 73.9. The van der Waals surface area contributed by atoms with Gasteiger partial charge in [0.1, 0.15) is 6.10 Å². The number of amides is 1. The van der Waals surface area contributed by atoms with Crippen molar-refractivity contribution in [2.45, 2.75) is 37.6 Å². The lowest BCUT2D eigenvalue weighted by Crippen LogP contribution is -2.47. The second kappa shape index (κ2) is 7.79. The zero-order valence-corrected chi connectivity index (χ0v) is 16.7. The molecule has 0 unspecified atom stereocenters. The molecule has 2 aromatic rings. The topological polar surface area (TPSA) is 91.7 Å². The lowest BCUT2D eigenvalue weighted by Gasteiger charge is -2.31. The van der Waals surface area contributed by atoms with Gasteiger partial charge in [0.25, 0.3) is 5.91 Å². The van der Waals surface area contributed by atoms with Gasteiger partial charge in [-0.15, -0.1) is 0 Å². The highest BCUT2D eigenvalue weighted by Gasteiger charge is 2.65. The Balaban J connectivity index is 2.08. The Hall–Kier alpha value is -2.66. The van der Waals surface area contributed by atoms with E-state index < -0.39 is 64.3 Å². The molecule has 1 amide bonds. The number of nitrogens with one attached hydrogen (secondary N) is 1. The van der Waals surface area contributed by atoms with Crippen LogP contribution in [0.25, 0.3) is 0 Å². The minimum Gasteiger partial charge on any atom is -0.505 e. The first-order valence-electron chi connectivity index (χ1n) is 8.85. The zero-order chi connectivity index (χ0) is 23.3. The van der Waals surface area contributed by atoms with Gasteiger partial charge in [0.15, 0.2) is 28.1 Å². The summed E-state index contributed by atoms with van der Waals surface area (Å²) in [6.07, 6.45) is -5.69. The summed E-state index contributed by atoms with van der Waals surface area (Å²) in [5, 5.41) is 21.8. The van der Waals surface area contributed by atoms with E-state index in [9.17, 15) is 37.0 Å². The van der Waals surface area contributed by atoms with E-state index in [4.69, 9.17) is 16.3 Å². The molecule has 1 fully saturated rings. The van der Waals surface area contributed by atoms with Crippen LogP contribution in [0.2, 0.25) is 5.15 Å². The highest BCUT2D eigenvalue weighted by molar-refractivity contribution is 6.31. The predicted octanol–water partition coefficient (Wildman–Crippen LogP) is 4.50. The minimum atomic E-state index is -4.93. The Bertz CT molecular complexity index is 1040. The van der Waals surface area contributed by atoms with Crippen LogP contribution in [0.5, 0.6) is 11.5 Å². The van der Waals surface area contributed by atoms with E-state index in [0.717, 1.165) is 32.2 Å². The molecule has 0 spiro atoms. The molecule has 2 heterocycles. The van der Waals surface area contributed by atoms with Crippen molar-refractivity contribution >= 4 is 23.2 Å². The highest BCUT2D eigenvalue weighted by atomic mass is 35.5. The van der Waals surface area contributed by atoms with Gasteiger partial charge in [-0.25, -0.2) is 9.37 Å². The molecule has 168 valence electrons. The van der Waals surface area contributed by atoms with Crippen molar-refractivity contribution in [3.05, 3.63) is 46.7 Å². The van der Waals surface area contributed by atoms with Gasteiger partial charge in [-0.3, -0.25) is 4.79 Å². The van der Waals surface area contributed by atoms with Crippen molar-refractivity contribution in [1.29, 1.82) is 0 Å². The number of phenols is 1. The maximum atomic E-state index is 13.9. The van der Waals surface area contributed by atoms with Crippen LogP contribution in [0.1, 0.15) is 25.3 Å². The van der Waals surface area contributed by atoms with E-state index in [1.165, 1.54) is 0 Å². The van der Waals surface area contributed by atoms with Crippen molar-refractivity contribution in [3.8, 4) is 11.5 Å². The Labute approximate surface area is 177 Å². The van der Waals surface area contributed by atoms with Gasteiger partial charge in [0.2, 0.25) is 5.82 Å². The maximum Gasteiger partial charge on any atom is 0.417 e. The fourth-order valence-corrected chi connectivity index (χ4v) is 3.74. The van der Waals surface area contributed by atoms with Crippen LogP contribution >= 0.6 is 11.6 Å². The monoisotopic (exact) mass is 466 g/mol. The summed E-state index contributed by atoms with van der Waals surface area (Å²) in [6, 6.07) is 2.66. The third-order valence-electron chi connectivity index (χ3n) is 5.52. The molecule has 0 aliphatic carbocycles. The Kier molecular flexibility index (Phi) is 5.78. The molecule has 0 bridgehead atoms. The molecule has 3 rings (SSSR count). The first kappa shape index (κ1) is 23.0. The van der Waals surface area contributed by atoms with Gasteiger partial charge < -0.3 is 20.3 Å². The molecular weight excluding hydrogens is 451 g/mol. The van der Waals surface area contributed by atoms with Crippen molar-refractivity contribution < 1.29 is 41.7 Å². The van der Waals surface area contributed by atoms with Crippen LogP contribution < -0.4 is 5.32 Å². The van der Waals surface area contributed by atoms with Crippen LogP contribution in [0.15, 0.2) is 24.4 Å². The molecule has 31 heavy (non-hydrogen) atoms. The van der Waals surface area contributed by atoms with E-state index >= 15 is 0 Å². The molecule has 1 aliphatic heterocycles. The number of hydrogen-bond acceptors (Lipinski definition) is 5. The predicted molar refractivity (Wildman–Crippen MR) is 98.8 cm³/mol. The van der Waals surface area contributed by atoms with Crippen LogP contribution in [-0.4, -0.2) is 39.0 Å². The molecule has 12 heteroatoms. The van der Waals surface area contributed by atoms with Crippen LogP contribution in [-0.2, 0) is 9.53 Å². The third-order valence-corrected chi connectivity index (χ3v) is 5.80. The van der Waals surface area contributed by atoms with Crippen molar-refractivity contribution in [1.82, 2.24) is 4.98 Å². The Morgan fingerprint density at radius 3 is 2.48 bits per heavy atom. The van der Waals surface area contributed by atoms with E-state index in [0.29, 0.717) is 6.07 Å². The first-order valence-corrected chi connectivity index (χ1v) is 9.23. The number of carbonyl (C=O) groups is 1. The Morgan fingerprint density at radius 1 is 1.23 bits per heavy atom. The number of hydrogen-bond donors (Lipinski definition) is 3. The summed E-state index contributed by atoms with van der Waals surface area (Å²) in [5.41, 5.74) is -3.54. The average molecular weight is 467 g/mol. The molecule has 0 radical (unpaired) electrons. The fraction of sp³-hybridized carbons (Fsp3) is 0.368. The quantitative estimate of drug-likeness (QED) is 0.457. The second-order valence-electron chi connectivity index (χ2n) is 7.24. The number of anilines is 1. The number of benzene rings is 1. The lowest BCUT2D eigenvalue weighted by molar-refractivity contribution is -0.272. The smallest absolute Gasteiger partial charge is 0.417 e. The summed E-state index contributed by atoms with van der Waals surface area (Å²) in [7, 11) is 0. The highest BCUT2D eigenvalue weighted by Crippen LogP contribution is 2.54. The largest absolute Gasteiger partial charge is 0.505 e. The lowest BCUT2D eigenvalue weighted by atomic mass is 9.77. The van der Waals surface area contributed by atoms with Gasteiger partial charge in [-0.05, 0) is 19.1 Å². The molecule has 3 N–H and O–H groups in total. The van der Waals surface area contributed by atoms with E-state index in [1.807, 2.05) is 0 Å². The number of pyridine rings is 1. The second-order valence-corrected chi connectivity index (χ2v) is 7.60. The number of aromatic hydroxyl groups is 2. The number of aromatic nitrogens is 1.